The van der Waals surface area contributed by atoms with Gasteiger partial charge in [-0.1, -0.05) is 12.1 Å². The molecule has 4 aromatic rings. The molecule has 144 valence electrons. The molecule has 0 saturated heterocycles. The number of aryl methyl sites for hydroxylation is 1. The maximum absolute atomic E-state index is 12.5. The van der Waals surface area contributed by atoms with Crippen LogP contribution in [0.15, 0.2) is 73.3 Å². The molecule has 4 rings (SSSR count). The lowest BCUT2D eigenvalue weighted by molar-refractivity contribution is 0.102. The summed E-state index contributed by atoms with van der Waals surface area (Å²) in [6, 6.07) is 15.4. The zero-order valence-corrected chi connectivity index (χ0v) is 16.3. The Morgan fingerprint density at radius 2 is 1.83 bits per heavy atom. The summed E-state index contributed by atoms with van der Waals surface area (Å²) < 4.78 is 0. The zero-order valence-electron chi connectivity index (χ0n) is 16.3. The van der Waals surface area contributed by atoms with Crippen molar-refractivity contribution in [2.75, 3.05) is 10.6 Å². The van der Waals surface area contributed by atoms with Gasteiger partial charge >= 0.3 is 0 Å². The Balaban J connectivity index is 1.49. The standard InChI is InChI=1S/C23H21N5O/c1-15-9-18(13-24-12-15)23(29)28-19-6-3-5-17(10-19)16(2)27-20-11-22-21(26-14-20)7-4-8-25-22/h3-14,16,27H,1-2H3,(H,28,29)/t16-/m0/s1. The summed E-state index contributed by atoms with van der Waals surface area (Å²) in [5.74, 6) is -0.177. The molecule has 1 amide bonds. The summed E-state index contributed by atoms with van der Waals surface area (Å²) in [6.07, 6.45) is 6.85. The van der Waals surface area contributed by atoms with Crippen LogP contribution in [0.2, 0.25) is 0 Å². The molecule has 0 aliphatic carbocycles. The van der Waals surface area contributed by atoms with E-state index < -0.39 is 0 Å². The Bertz CT molecular complexity index is 1170. The van der Waals surface area contributed by atoms with E-state index in [0.29, 0.717) is 5.56 Å². The van der Waals surface area contributed by atoms with Crippen molar-refractivity contribution in [2.24, 2.45) is 0 Å². The van der Waals surface area contributed by atoms with Gasteiger partial charge in [0.2, 0.25) is 0 Å². The second kappa shape index (κ2) is 8.06. The number of nitrogens with one attached hydrogen (secondary N) is 2. The van der Waals surface area contributed by atoms with Crippen LogP contribution in [0.25, 0.3) is 11.0 Å². The molecule has 6 nitrogen and oxygen atoms in total. The van der Waals surface area contributed by atoms with Crippen molar-refractivity contribution >= 4 is 28.3 Å². The predicted molar refractivity (Wildman–Crippen MR) is 115 cm³/mol. The van der Waals surface area contributed by atoms with E-state index in [9.17, 15) is 4.79 Å². The molecule has 3 heterocycles. The number of rotatable bonds is 5. The number of hydrogen-bond donors (Lipinski definition) is 2. The Hall–Kier alpha value is -3.80. The van der Waals surface area contributed by atoms with E-state index in [1.54, 1.807) is 24.8 Å². The summed E-state index contributed by atoms with van der Waals surface area (Å²) >= 11 is 0. The molecule has 0 saturated carbocycles. The number of amides is 1. The van der Waals surface area contributed by atoms with Gasteiger partial charge in [0.25, 0.3) is 5.91 Å². The van der Waals surface area contributed by atoms with Gasteiger partial charge in [-0.3, -0.25) is 19.7 Å². The zero-order chi connectivity index (χ0) is 20.2. The monoisotopic (exact) mass is 383 g/mol. The SMILES string of the molecule is Cc1cncc(C(=O)Nc2cccc([C@H](C)Nc3cnc4cccnc4c3)c2)c1. The highest BCUT2D eigenvalue weighted by Gasteiger charge is 2.10. The number of nitrogens with zero attached hydrogens (tertiary/aromatic N) is 3. The van der Waals surface area contributed by atoms with Gasteiger partial charge < -0.3 is 10.6 Å². The van der Waals surface area contributed by atoms with E-state index in [1.165, 1.54) is 0 Å². The number of hydrogen-bond acceptors (Lipinski definition) is 5. The van der Waals surface area contributed by atoms with Crippen molar-refractivity contribution in [3.8, 4) is 0 Å². The third-order valence-corrected chi connectivity index (χ3v) is 4.62. The number of carbonyl (C=O) groups excluding carboxylic acids is 1. The number of anilines is 2. The molecule has 3 aromatic heterocycles. The van der Waals surface area contributed by atoms with Crippen LogP contribution >= 0.6 is 0 Å². The predicted octanol–water partition coefficient (Wildman–Crippen LogP) is 4.76. The topological polar surface area (TPSA) is 79.8 Å². The molecule has 0 radical (unpaired) electrons. The van der Waals surface area contributed by atoms with Crippen LogP contribution in [0.5, 0.6) is 0 Å². The lowest BCUT2D eigenvalue weighted by Gasteiger charge is -2.17. The van der Waals surface area contributed by atoms with Crippen molar-refractivity contribution in [2.45, 2.75) is 19.9 Å². The summed E-state index contributed by atoms with van der Waals surface area (Å²) in [7, 11) is 0. The van der Waals surface area contributed by atoms with Crippen LogP contribution in [0, 0.1) is 6.92 Å². The minimum absolute atomic E-state index is 0.0236. The molecule has 0 unspecified atom stereocenters. The fraction of sp³-hybridized carbons (Fsp3) is 0.130. The first-order valence-electron chi connectivity index (χ1n) is 9.39. The third-order valence-electron chi connectivity index (χ3n) is 4.62. The molecular weight excluding hydrogens is 362 g/mol. The maximum Gasteiger partial charge on any atom is 0.257 e. The molecule has 2 N–H and O–H groups in total. The van der Waals surface area contributed by atoms with Crippen LogP contribution in [-0.2, 0) is 0 Å². The van der Waals surface area contributed by atoms with E-state index in [1.807, 2.05) is 55.5 Å². The molecule has 1 aromatic carbocycles. The first-order chi connectivity index (χ1) is 14.1. The van der Waals surface area contributed by atoms with Gasteiger partial charge in [-0.2, -0.15) is 0 Å². The van der Waals surface area contributed by atoms with Crippen molar-refractivity contribution in [1.82, 2.24) is 15.0 Å². The lowest BCUT2D eigenvalue weighted by atomic mass is 10.1. The minimum Gasteiger partial charge on any atom is -0.377 e. The van der Waals surface area contributed by atoms with Crippen molar-refractivity contribution in [3.05, 3.63) is 90.0 Å². The number of pyridine rings is 3. The van der Waals surface area contributed by atoms with Gasteiger partial charge in [-0.15, -0.1) is 0 Å². The minimum atomic E-state index is -0.177. The van der Waals surface area contributed by atoms with Crippen LogP contribution in [0.4, 0.5) is 11.4 Å². The fourth-order valence-corrected chi connectivity index (χ4v) is 3.13. The van der Waals surface area contributed by atoms with E-state index in [2.05, 4.69) is 32.5 Å². The van der Waals surface area contributed by atoms with Crippen molar-refractivity contribution < 1.29 is 4.79 Å². The molecule has 1 atom stereocenters. The highest BCUT2D eigenvalue weighted by Crippen LogP contribution is 2.23. The summed E-state index contributed by atoms with van der Waals surface area (Å²) in [5.41, 5.74) is 5.87. The number of carbonyl (C=O) groups is 1. The quantitative estimate of drug-likeness (QED) is 0.519. The lowest BCUT2D eigenvalue weighted by Crippen LogP contribution is -2.13. The summed E-state index contributed by atoms with van der Waals surface area (Å²) in [6.45, 7) is 3.98. The molecule has 0 aliphatic rings. The number of aromatic nitrogens is 3. The molecule has 0 bridgehead atoms. The normalized spacial score (nSPS) is 11.8. The van der Waals surface area contributed by atoms with E-state index in [4.69, 9.17) is 0 Å². The van der Waals surface area contributed by atoms with E-state index >= 15 is 0 Å². The van der Waals surface area contributed by atoms with Crippen molar-refractivity contribution in [3.63, 3.8) is 0 Å². The first-order valence-corrected chi connectivity index (χ1v) is 9.39. The molecule has 0 spiro atoms. The maximum atomic E-state index is 12.5. The molecule has 0 fully saturated rings. The first kappa shape index (κ1) is 18.6. The highest BCUT2D eigenvalue weighted by atomic mass is 16.1. The van der Waals surface area contributed by atoms with Crippen LogP contribution < -0.4 is 10.6 Å². The second-order valence-electron chi connectivity index (χ2n) is 6.96. The second-order valence-corrected chi connectivity index (χ2v) is 6.96. The largest absolute Gasteiger partial charge is 0.377 e. The van der Waals surface area contributed by atoms with E-state index in [0.717, 1.165) is 33.5 Å². The van der Waals surface area contributed by atoms with Crippen LogP contribution in [0.3, 0.4) is 0 Å². The van der Waals surface area contributed by atoms with Gasteiger partial charge in [0.05, 0.1) is 28.5 Å². The fourth-order valence-electron chi connectivity index (χ4n) is 3.13. The van der Waals surface area contributed by atoms with E-state index in [-0.39, 0.29) is 11.9 Å². The Morgan fingerprint density at radius 3 is 2.69 bits per heavy atom. The Labute approximate surface area is 169 Å². The molecule has 0 aliphatic heterocycles. The Morgan fingerprint density at radius 1 is 0.931 bits per heavy atom. The third kappa shape index (κ3) is 4.38. The van der Waals surface area contributed by atoms with Crippen LogP contribution in [-0.4, -0.2) is 20.9 Å². The molecular formula is C23H21N5O. The van der Waals surface area contributed by atoms with Crippen LogP contribution in [0.1, 0.15) is 34.5 Å². The van der Waals surface area contributed by atoms with Gasteiger partial charge in [0.1, 0.15) is 0 Å². The molecule has 6 heteroatoms. The Kier molecular flexibility index (Phi) is 5.16. The number of benzene rings is 1. The van der Waals surface area contributed by atoms with Gasteiger partial charge in [-0.05, 0) is 61.4 Å². The van der Waals surface area contributed by atoms with Crippen molar-refractivity contribution in [1.29, 1.82) is 0 Å². The summed E-state index contributed by atoms with van der Waals surface area (Å²) in [4.78, 5) is 25.3. The smallest absolute Gasteiger partial charge is 0.257 e. The average Bonchev–Trinajstić information content (AvgIpc) is 2.74. The van der Waals surface area contributed by atoms with Gasteiger partial charge in [0, 0.05) is 30.3 Å². The summed E-state index contributed by atoms with van der Waals surface area (Å²) in [5, 5.41) is 6.38. The average molecular weight is 383 g/mol. The van der Waals surface area contributed by atoms with Gasteiger partial charge in [0.15, 0.2) is 0 Å². The highest BCUT2D eigenvalue weighted by molar-refractivity contribution is 6.04. The van der Waals surface area contributed by atoms with Gasteiger partial charge in [-0.25, -0.2) is 0 Å². The molecule has 29 heavy (non-hydrogen) atoms. The number of fused-ring (bicyclic) bond motifs is 1.